The van der Waals surface area contributed by atoms with Gasteiger partial charge in [0.1, 0.15) is 5.69 Å². The van der Waals surface area contributed by atoms with Crippen LogP contribution in [0.1, 0.15) is 66.6 Å². The second-order valence-electron chi connectivity index (χ2n) is 5.74. The second kappa shape index (κ2) is 8.77. The fourth-order valence-corrected chi connectivity index (χ4v) is 3.49. The molecule has 1 unspecified atom stereocenters. The van der Waals surface area contributed by atoms with E-state index in [1.54, 1.807) is 17.5 Å². The number of thiazole rings is 1. The molecule has 124 valence electrons. The van der Waals surface area contributed by atoms with Crippen molar-refractivity contribution >= 4 is 17.2 Å². The van der Waals surface area contributed by atoms with Crippen LogP contribution in [-0.2, 0) is 6.42 Å². The molecular weight excluding hydrogens is 306 g/mol. The van der Waals surface area contributed by atoms with E-state index in [1.807, 2.05) is 35.7 Å². The Morgan fingerprint density at radius 1 is 1.35 bits per heavy atom. The summed E-state index contributed by atoms with van der Waals surface area (Å²) < 4.78 is 0. The molecule has 1 atom stereocenters. The van der Waals surface area contributed by atoms with Gasteiger partial charge in [-0.3, -0.25) is 9.78 Å². The summed E-state index contributed by atoms with van der Waals surface area (Å²) in [5.74, 6) is -0.00596. The molecule has 2 heterocycles. The lowest BCUT2D eigenvalue weighted by Crippen LogP contribution is -2.31. The topological polar surface area (TPSA) is 46.1 Å². The van der Waals surface area contributed by atoms with Crippen LogP contribution in [0.25, 0.3) is 0 Å². The molecule has 0 aliphatic heterocycles. The van der Waals surface area contributed by atoms with Crippen molar-refractivity contribution in [3.63, 3.8) is 0 Å². The Kier molecular flexibility index (Phi) is 6.71. The molecule has 0 aliphatic carbocycles. The molecule has 0 N–H and O–H groups in total. The minimum atomic E-state index is -0.00596. The van der Waals surface area contributed by atoms with Crippen LogP contribution in [0.5, 0.6) is 0 Å². The van der Waals surface area contributed by atoms with Crippen molar-refractivity contribution in [1.29, 1.82) is 0 Å². The van der Waals surface area contributed by atoms with Gasteiger partial charge < -0.3 is 4.90 Å². The number of amides is 1. The quantitative estimate of drug-likeness (QED) is 0.716. The Morgan fingerprint density at radius 2 is 2.17 bits per heavy atom. The Labute approximate surface area is 142 Å². The first kappa shape index (κ1) is 17.6. The number of aromatic nitrogens is 2. The summed E-state index contributed by atoms with van der Waals surface area (Å²) in [6.45, 7) is 4.29. The number of rotatable bonds is 8. The van der Waals surface area contributed by atoms with Crippen molar-refractivity contribution in [1.82, 2.24) is 14.9 Å². The van der Waals surface area contributed by atoms with Crippen LogP contribution in [0.4, 0.5) is 0 Å². The molecule has 2 aromatic rings. The Hall–Kier alpha value is -1.75. The highest BCUT2D eigenvalue weighted by molar-refractivity contribution is 7.09. The van der Waals surface area contributed by atoms with Crippen molar-refractivity contribution in [3.8, 4) is 0 Å². The SMILES string of the molecule is CCCCC(c1cccnc1)N(C)C(=O)c1csc(CCC)n1. The summed E-state index contributed by atoms with van der Waals surface area (Å²) in [4.78, 5) is 23.3. The Bertz CT molecular complexity index is 612. The van der Waals surface area contributed by atoms with Crippen molar-refractivity contribution in [2.75, 3.05) is 7.05 Å². The molecule has 0 saturated carbocycles. The summed E-state index contributed by atoms with van der Waals surface area (Å²) >= 11 is 1.57. The summed E-state index contributed by atoms with van der Waals surface area (Å²) in [5, 5.41) is 2.92. The molecule has 0 saturated heterocycles. The molecule has 1 amide bonds. The first-order chi connectivity index (χ1) is 11.2. The molecular formula is C18H25N3OS. The van der Waals surface area contributed by atoms with Gasteiger partial charge in [-0.1, -0.05) is 32.8 Å². The fraction of sp³-hybridized carbons (Fsp3) is 0.500. The standard InChI is InChI=1S/C18H25N3OS/c1-4-6-10-16(14-9-7-11-19-12-14)21(3)18(22)15-13-23-17(20-15)8-5-2/h7,9,11-13,16H,4-6,8,10H2,1-3H3. The second-order valence-corrected chi connectivity index (χ2v) is 6.68. The molecule has 23 heavy (non-hydrogen) atoms. The summed E-state index contributed by atoms with van der Waals surface area (Å²) in [6, 6.07) is 4.02. The van der Waals surface area contributed by atoms with E-state index in [0.29, 0.717) is 5.69 Å². The predicted molar refractivity (Wildman–Crippen MR) is 94.7 cm³/mol. The van der Waals surface area contributed by atoms with Crippen molar-refractivity contribution < 1.29 is 4.79 Å². The summed E-state index contributed by atoms with van der Waals surface area (Å²) in [6.07, 6.45) is 8.73. The average molecular weight is 331 g/mol. The molecule has 5 heteroatoms. The van der Waals surface area contributed by atoms with Gasteiger partial charge >= 0.3 is 0 Å². The number of carbonyl (C=O) groups is 1. The smallest absolute Gasteiger partial charge is 0.273 e. The van der Waals surface area contributed by atoms with Gasteiger partial charge in [0, 0.05) is 24.8 Å². The molecule has 0 aromatic carbocycles. The van der Waals surface area contributed by atoms with E-state index < -0.39 is 0 Å². The molecule has 2 aromatic heterocycles. The number of pyridine rings is 1. The first-order valence-corrected chi connectivity index (χ1v) is 9.16. The average Bonchev–Trinajstić information content (AvgIpc) is 3.04. The van der Waals surface area contributed by atoms with Gasteiger partial charge in [0.2, 0.25) is 0 Å². The first-order valence-electron chi connectivity index (χ1n) is 8.28. The zero-order valence-electron chi connectivity index (χ0n) is 14.2. The van der Waals surface area contributed by atoms with Gasteiger partial charge in [-0.15, -0.1) is 11.3 Å². The monoisotopic (exact) mass is 331 g/mol. The third-order valence-electron chi connectivity index (χ3n) is 3.92. The van der Waals surface area contributed by atoms with E-state index in [2.05, 4.69) is 23.8 Å². The Balaban J connectivity index is 2.18. The highest BCUT2D eigenvalue weighted by atomic mass is 32.1. The van der Waals surface area contributed by atoms with Gasteiger partial charge in [0.25, 0.3) is 5.91 Å². The van der Waals surface area contributed by atoms with Crippen LogP contribution in [0.15, 0.2) is 29.9 Å². The molecule has 0 spiro atoms. The van der Waals surface area contributed by atoms with Gasteiger partial charge in [-0.25, -0.2) is 4.98 Å². The molecule has 0 radical (unpaired) electrons. The van der Waals surface area contributed by atoms with E-state index >= 15 is 0 Å². The lowest BCUT2D eigenvalue weighted by Gasteiger charge is -2.28. The summed E-state index contributed by atoms with van der Waals surface area (Å²) in [7, 11) is 1.87. The van der Waals surface area contributed by atoms with Gasteiger partial charge in [-0.2, -0.15) is 0 Å². The molecule has 4 nitrogen and oxygen atoms in total. The van der Waals surface area contributed by atoms with Crippen LogP contribution >= 0.6 is 11.3 Å². The lowest BCUT2D eigenvalue weighted by atomic mass is 10.0. The maximum atomic E-state index is 12.8. The highest BCUT2D eigenvalue weighted by Crippen LogP contribution is 2.26. The maximum absolute atomic E-state index is 12.8. The van der Waals surface area contributed by atoms with Crippen LogP contribution in [0, 0.1) is 0 Å². The zero-order chi connectivity index (χ0) is 16.7. The highest BCUT2D eigenvalue weighted by Gasteiger charge is 2.24. The van der Waals surface area contributed by atoms with Crippen LogP contribution in [-0.4, -0.2) is 27.8 Å². The van der Waals surface area contributed by atoms with Gasteiger partial charge in [0.05, 0.1) is 11.0 Å². The fourth-order valence-electron chi connectivity index (χ4n) is 2.61. The predicted octanol–water partition coefficient (Wildman–Crippen LogP) is 4.49. The van der Waals surface area contributed by atoms with Crippen molar-refractivity contribution in [3.05, 3.63) is 46.2 Å². The van der Waals surface area contributed by atoms with E-state index in [9.17, 15) is 4.79 Å². The van der Waals surface area contributed by atoms with E-state index in [-0.39, 0.29) is 11.9 Å². The van der Waals surface area contributed by atoms with E-state index in [4.69, 9.17) is 0 Å². The lowest BCUT2D eigenvalue weighted by molar-refractivity contribution is 0.0714. The minimum Gasteiger partial charge on any atom is -0.333 e. The Morgan fingerprint density at radius 3 is 2.83 bits per heavy atom. The molecule has 0 aliphatic rings. The number of nitrogens with zero attached hydrogens (tertiary/aromatic N) is 3. The number of aryl methyl sites for hydroxylation is 1. The number of unbranched alkanes of at least 4 members (excludes halogenated alkanes) is 1. The third kappa shape index (κ3) is 4.61. The number of hydrogen-bond acceptors (Lipinski definition) is 4. The van der Waals surface area contributed by atoms with Crippen LogP contribution < -0.4 is 0 Å². The molecule has 2 rings (SSSR count). The van der Waals surface area contributed by atoms with Crippen molar-refractivity contribution in [2.24, 2.45) is 0 Å². The number of hydrogen-bond donors (Lipinski definition) is 0. The molecule has 0 fully saturated rings. The van der Waals surface area contributed by atoms with Gasteiger partial charge in [0.15, 0.2) is 0 Å². The van der Waals surface area contributed by atoms with Gasteiger partial charge in [-0.05, 0) is 30.9 Å². The van der Waals surface area contributed by atoms with Crippen LogP contribution in [0.2, 0.25) is 0 Å². The third-order valence-corrected chi connectivity index (χ3v) is 4.83. The van der Waals surface area contributed by atoms with Crippen molar-refractivity contribution in [2.45, 2.75) is 52.0 Å². The zero-order valence-corrected chi connectivity index (χ0v) is 15.0. The van der Waals surface area contributed by atoms with E-state index in [0.717, 1.165) is 42.7 Å². The largest absolute Gasteiger partial charge is 0.333 e. The summed E-state index contributed by atoms with van der Waals surface area (Å²) in [5.41, 5.74) is 1.65. The molecule has 0 bridgehead atoms. The normalized spacial score (nSPS) is 12.1. The van der Waals surface area contributed by atoms with Crippen LogP contribution in [0.3, 0.4) is 0 Å². The maximum Gasteiger partial charge on any atom is 0.273 e. The number of carbonyl (C=O) groups excluding carboxylic acids is 1. The minimum absolute atomic E-state index is 0.00596. The van der Waals surface area contributed by atoms with E-state index in [1.165, 1.54) is 0 Å².